The molecule has 6 heteroatoms. The Morgan fingerprint density at radius 2 is 1.86 bits per heavy atom. The lowest BCUT2D eigenvalue weighted by Crippen LogP contribution is -2.62. The fraction of sp³-hybridized carbons (Fsp3) is 0.565. The Kier molecular flexibility index (Phi) is 5.77. The first-order valence-corrected chi connectivity index (χ1v) is 10.2. The number of methoxy groups -OCH3 is 1. The molecule has 2 heterocycles. The second-order valence-electron chi connectivity index (χ2n) is 9.47. The lowest BCUT2D eigenvalue weighted by atomic mass is 9.79. The zero-order chi connectivity index (χ0) is 21.4. The van der Waals surface area contributed by atoms with Crippen LogP contribution in [0.4, 0.5) is 0 Å². The number of ether oxygens (including phenoxy) is 1. The van der Waals surface area contributed by atoms with Gasteiger partial charge in [-0.1, -0.05) is 0 Å². The molecule has 1 aromatic carbocycles. The van der Waals surface area contributed by atoms with Gasteiger partial charge < -0.3 is 19.8 Å². The molecule has 1 aliphatic heterocycles. The van der Waals surface area contributed by atoms with Crippen LogP contribution in [0.15, 0.2) is 27.4 Å². The van der Waals surface area contributed by atoms with Gasteiger partial charge in [0.05, 0.1) is 7.11 Å². The van der Waals surface area contributed by atoms with E-state index in [0.717, 1.165) is 29.4 Å². The highest BCUT2D eigenvalue weighted by molar-refractivity contribution is 5.83. The second kappa shape index (κ2) is 7.82. The number of piperidine rings is 1. The van der Waals surface area contributed by atoms with Crippen molar-refractivity contribution < 1.29 is 13.9 Å². The lowest BCUT2D eigenvalue weighted by Gasteiger charge is -2.46. The van der Waals surface area contributed by atoms with Crippen molar-refractivity contribution in [2.24, 2.45) is 0 Å². The number of hydrogen-bond donors (Lipinski definition) is 2. The summed E-state index contributed by atoms with van der Waals surface area (Å²) in [6.45, 7) is 10.6. The van der Waals surface area contributed by atoms with Crippen LogP contribution in [0.3, 0.4) is 0 Å². The van der Waals surface area contributed by atoms with Crippen LogP contribution in [0.25, 0.3) is 11.0 Å². The Morgan fingerprint density at radius 3 is 2.48 bits per heavy atom. The number of benzene rings is 1. The Balaban J connectivity index is 1.71. The minimum absolute atomic E-state index is 0.0112. The molecule has 0 aliphatic carbocycles. The third-order valence-electron chi connectivity index (χ3n) is 5.53. The van der Waals surface area contributed by atoms with Crippen LogP contribution in [0, 0.1) is 6.92 Å². The fourth-order valence-electron chi connectivity index (χ4n) is 4.75. The third kappa shape index (κ3) is 5.18. The van der Waals surface area contributed by atoms with E-state index >= 15 is 0 Å². The van der Waals surface area contributed by atoms with Crippen molar-refractivity contribution in [2.75, 3.05) is 7.11 Å². The fourth-order valence-corrected chi connectivity index (χ4v) is 4.75. The monoisotopic (exact) mass is 400 g/mol. The van der Waals surface area contributed by atoms with Gasteiger partial charge in [-0.15, -0.1) is 0 Å². The zero-order valence-corrected chi connectivity index (χ0v) is 18.3. The molecule has 158 valence electrons. The highest BCUT2D eigenvalue weighted by atomic mass is 16.5. The Bertz CT molecular complexity index is 959. The molecule has 0 spiro atoms. The summed E-state index contributed by atoms with van der Waals surface area (Å²) < 4.78 is 10.8. The van der Waals surface area contributed by atoms with Gasteiger partial charge in [0.1, 0.15) is 11.3 Å². The predicted molar refractivity (Wildman–Crippen MR) is 115 cm³/mol. The van der Waals surface area contributed by atoms with Crippen LogP contribution in [-0.4, -0.2) is 30.1 Å². The maximum Gasteiger partial charge on any atom is 0.336 e. The summed E-state index contributed by atoms with van der Waals surface area (Å²) in [5.74, 6) is 0.671. The number of aryl methyl sites for hydroxylation is 2. The summed E-state index contributed by atoms with van der Waals surface area (Å²) in [7, 11) is 1.58. The largest absolute Gasteiger partial charge is 0.496 e. The molecule has 2 aromatic rings. The first kappa shape index (κ1) is 21.4. The van der Waals surface area contributed by atoms with Gasteiger partial charge >= 0.3 is 5.63 Å². The van der Waals surface area contributed by atoms with E-state index in [0.29, 0.717) is 24.2 Å². The molecule has 6 nitrogen and oxygen atoms in total. The number of carbonyl (C=O) groups is 1. The van der Waals surface area contributed by atoms with Crippen molar-refractivity contribution in [1.29, 1.82) is 0 Å². The van der Waals surface area contributed by atoms with Crippen molar-refractivity contribution >= 4 is 16.9 Å². The minimum Gasteiger partial charge on any atom is -0.496 e. The van der Waals surface area contributed by atoms with Crippen molar-refractivity contribution in [3.05, 3.63) is 39.7 Å². The first-order valence-electron chi connectivity index (χ1n) is 10.2. The lowest BCUT2D eigenvalue weighted by molar-refractivity contribution is -0.122. The topological polar surface area (TPSA) is 80.6 Å². The Hall–Kier alpha value is -2.34. The molecule has 0 bridgehead atoms. The maximum atomic E-state index is 12.6. The average Bonchev–Trinajstić information content (AvgIpc) is 2.56. The Morgan fingerprint density at radius 1 is 1.21 bits per heavy atom. The van der Waals surface area contributed by atoms with Crippen LogP contribution < -0.4 is 21.0 Å². The normalized spacial score (nSPS) is 18.6. The first-order chi connectivity index (χ1) is 13.5. The smallest absolute Gasteiger partial charge is 0.336 e. The van der Waals surface area contributed by atoms with Crippen LogP contribution >= 0.6 is 0 Å². The highest BCUT2D eigenvalue weighted by Crippen LogP contribution is 2.30. The summed E-state index contributed by atoms with van der Waals surface area (Å²) in [6.07, 6.45) is 2.74. The van der Waals surface area contributed by atoms with Crippen molar-refractivity contribution in [2.45, 2.75) is 77.4 Å². The van der Waals surface area contributed by atoms with E-state index in [1.54, 1.807) is 13.2 Å². The molecule has 1 fully saturated rings. The molecule has 1 aliphatic rings. The third-order valence-corrected chi connectivity index (χ3v) is 5.53. The molecular weight excluding hydrogens is 368 g/mol. The quantitative estimate of drug-likeness (QED) is 0.751. The van der Waals surface area contributed by atoms with Gasteiger partial charge in [-0.05, 0) is 71.1 Å². The SMILES string of the molecule is COc1cc2oc(=O)cc(C)c2cc1CCC(=O)NC1CC(C)(C)NC(C)(C)C1. The average molecular weight is 401 g/mol. The number of rotatable bonds is 5. The van der Waals surface area contributed by atoms with E-state index in [1.165, 1.54) is 6.07 Å². The number of fused-ring (bicyclic) bond motifs is 1. The summed E-state index contributed by atoms with van der Waals surface area (Å²) in [5, 5.41) is 7.71. The maximum absolute atomic E-state index is 12.6. The van der Waals surface area contributed by atoms with Crippen LogP contribution in [0.5, 0.6) is 5.75 Å². The molecule has 1 amide bonds. The molecule has 29 heavy (non-hydrogen) atoms. The summed E-state index contributed by atoms with van der Waals surface area (Å²) in [5.41, 5.74) is 1.88. The summed E-state index contributed by atoms with van der Waals surface area (Å²) >= 11 is 0. The van der Waals surface area contributed by atoms with Gasteiger partial charge in [-0.2, -0.15) is 0 Å². The van der Waals surface area contributed by atoms with Gasteiger partial charge in [0, 0.05) is 41.1 Å². The molecule has 1 saturated heterocycles. The second-order valence-corrected chi connectivity index (χ2v) is 9.47. The molecule has 3 rings (SSSR count). The van der Waals surface area contributed by atoms with E-state index in [4.69, 9.17) is 9.15 Å². The molecular formula is C23H32N2O4. The number of carbonyl (C=O) groups excluding carboxylic acids is 1. The van der Waals surface area contributed by atoms with Gasteiger partial charge in [0.2, 0.25) is 5.91 Å². The van der Waals surface area contributed by atoms with Gasteiger partial charge in [-0.3, -0.25) is 4.79 Å². The molecule has 1 aromatic heterocycles. The Labute approximate surface area is 172 Å². The molecule has 0 unspecified atom stereocenters. The molecule has 0 radical (unpaired) electrons. The van der Waals surface area contributed by atoms with Crippen molar-refractivity contribution in [3.8, 4) is 5.75 Å². The van der Waals surface area contributed by atoms with Crippen molar-refractivity contribution in [3.63, 3.8) is 0 Å². The van der Waals surface area contributed by atoms with E-state index in [1.807, 2.05) is 13.0 Å². The summed E-state index contributed by atoms with van der Waals surface area (Å²) in [6, 6.07) is 5.32. The van der Waals surface area contributed by atoms with Crippen LogP contribution in [0.1, 0.15) is 58.1 Å². The van der Waals surface area contributed by atoms with Gasteiger partial charge in [0.15, 0.2) is 0 Å². The van der Waals surface area contributed by atoms with Gasteiger partial charge in [-0.25, -0.2) is 4.79 Å². The molecule has 0 saturated carbocycles. The summed E-state index contributed by atoms with van der Waals surface area (Å²) in [4.78, 5) is 24.3. The molecule has 0 atom stereocenters. The van der Waals surface area contributed by atoms with Gasteiger partial charge in [0.25, 0.3) is 0 Å². The number of amides is 1. The zero-order valence-electron chi connectivity index (χ0n) is 18.3. The van der Waals surface area contributed by atoms with E-state index in [9.17, 15) is 9.59 Å². The van der Waals surface area contributed by atoms with Crippen molar-refractivity contribution in [1.82, 2.24) is 10.6 Å². The van der Waals surface area contributed by atoms with E-state index in [-0.39, 0.29) is 28.7 Å². The number of nitrogens with one attached hydrogen (secondary N) is 2. The molecule has 2 N–H and O–H groups in total. The standard InChI is InChI=1S/C23H32N2O4/c1-14-9-21(27)29-19-11-18(28-6)15(10-17(14)19)7-8-20(26)24-16-12-22(2,3)25-23(4,5)13-16/h9-11,16,25H,7-8,12-13H2,1-6H3,(H,24,26). The highest BCUT2D eigenvalue weighted by Gasteiger charge is 2.38. The number of hydrogen-bond acceptors (Lipinski definition) is 5. The van der Waals surface area contributed by atoms with E-state index < -0.39 is 0 Å². The van der Waals surface area contributed by atoms with Crippen LogP contribution in [0.2, 0.25) is 0 Å². The minimum atomic E-state index is -0.378. The van der Waals surface area contributed by atoms with Crippen LogP contribution in [-0.2, 0) is 11.2 Å². The predicted octanol–water partition coefficient (Wildman–Crippen LogP) is 3.47. The van der Waals surface area contributed by atoms with E-state index in [2.05, 4.69) is 38.3 Å².